The molecule has 3 rings (SSSR count). The van der Waals surface area contributed by atoms with Crippen LogP contribution in [0.5, 0.6) is 0 Å². The number of nitrogens with zero attached hydrogens (tertiary/aromatic N) is 1. The second-order valence-corrected chi connectivity index (χ2v) is 7.08. The number of hydrogen-bond donors (Lipinski definition) is 2. The fraction of sp³-hybridized carbons (Fsp3) is 0.462. The molecule has 0 amide bonds. The fourth-order valence-electron chi connectivity index (χ4n) is 2.58. The average molecular weight is 295 g/mol. The first-order chi connectivity index (χ1) is 9.49. The van der Waals surface area contributed by atoms with Gasteiger partial charge in [0.25, 0.3) is 0 Å². The van der Waals surface area contributed by atoms with E-state index in [-0.39, 0.29) is 17.0 Å². The third-order valence-corrected chi connectivity index (χ3v) is 4.78. The van der Waals surface area contributed by atoms with Gasteiger partial charge in [-0.1, -0.05) is 6.07 Å². The SMILES string of the molecule is COC1CNC(c2nc3c(S(C)(=O)=O)cccc3[nH]2)C1. The van der Waals surface area contributed by atoms with Gasteiger partial charge in [-0.25, -0.2) is 13.4 Å². The molecule has 6 nitrogen and oxygen atoms in total. The average Bonchev–Trinajstić information content (AvgIpc) is 3.02. The van der Waals surface area contributed by atoms with Gasteiger partial charge in [-0.05, 0) is 18.6 Å². The molecule has 2 N–H and O–H groups in total. The van der Waals surface area contributed by atoms with Crippen molar-refractivity contribution in [3.8, 4) is 0 Å². The summed E-state index contributed by atoms with van der Waals surface area (Å²) in [5.74, 6) is 0.760. The minimum absolute atomic E-state index is 0.0692. The Morgan fingerprint density at radius 2 is 2.20 bits per heavy atom. The Morgan fingerprint density at radius 3 is 2.85 bits per heavy atom. The van der Waals surface area contributed by atoms with Gasteiger partial charge in [0, 0.05) is 19.9 Å². The number of para-hydroxylation sites is 1. The number of sulfone groups is 1. The third kappa shape index (κ3) is 2.32. The van der Waals surface area contributed by atoms with Crippen molar-refractivity contribution in [1.82, 2.24) is 15.3 Å². The number of nitrogens with one attached hydrogen (secondary N) is 2. The van der Waals surface area contributed by atoms with Crippen molar-refractivity contribution in [3.05, 3.63) is 24.0 Å². The topological polar surface area (TPSA) is 84.1 Å². The molecule has 1 aliphatic rings. The van der Waals surface area contributed by atoms with E-state index in [9.17, 15) is 8.42 Å². The first-order valence-corrected chi connectivity index (χ1v) is 8.33. The normalized spacial score (nSPS) is 23.5. The summed E-state index contributed by atoms with van der Waals surface area (Å²) in [7, 11) is -1.59. The van der Waals surface area contributed by atoms with Gasteiger partial charge in [0.2, 0.25) is 0 Å². The summed E-state index contributed by atoms with van der Waals surface area (Å²) >= 11 is 0. The van der Waals surface area contributed by atoms with Crippen LogP contribution < -0.4 is 5.32 Å². The highest BCUT2D eigenvalue weighted by Gasteiger charge is 2.28. The second-order valence-electron chi connectivity index (χ2n) is 5.10. The Hall–Kier alpha value is -1.44. The predicted octanol–water partition coefficient (Wildman–Crippen LogP) is 1.02. The second kappa shape index (κ2) is 4.83. The first-order valence-electron chi connectivity index (χ1n) is 6.44. The Balaban J connectivity index is 2.04. The number of ether oxygens (including phenoxy) is 1. The highest BCUT2D eigenvalue weighted by molar-refractivity contribution is 7.91. The van der Waals surface area contributed by atoms with Crippen LogP contribution in [-0.2, 0) is 14.6 Å². The molecule has 0 aliphatic carbocycles. The van der Waals surface area contributed by atoms with Crippen molar-refractivity contribution in [2.24, 2.45) is 0 Å². The van der Waals surface area contributed by atoms with Gasteiger partial charge in [0.15, 0.2) is 9.84 Å². The molecule has 0 radical (unpaired) electrons. The highest BCUT2D eigenvalue weighted by atomic mass is 32.2. The van der Waals surface area contributed by atoms with Gasteiger partial charge < -0.3 is 15.0 Å². The minimum atomic E-state index is -3.28. The van der Waals surface area contributed by atoms with Gasteiger partial charge in [0.05, 0.1) is 22.6 Å². The van der Waals surface area contributed by atoms with E-state index in [2.05, 4.69) is 15.3 Å². The van der Waals surface area contributed by atoms with E-state index in [4.69, 9.17) is 4.74 Å². The van der Waals surface area contributed by atoms with Gasteiger partial charge in [-0.3, -0.25) is 0 Å². The van der Waals surface area contributed by atoms with Crippen LogP contribution in [0.1, 0.15) is 18.3 Å². The molecule has 0 saturated carbocycles. The number of hydrogen-bond acceptors (Lipinski definition) is 5. The Bertz CT molecular complexity index is 738. The highest BCUT2D eigenvalue weighted by Crippen LogP contribution is 2.27. The largest absolute Gasteiger partial charge is 0.380 e. The standard InChI is InChI=1S/C13H17N3O3S/c1-19-8-6-10(14-7-8)13-15-9-4-3-5-11(12(9)16-13)20(2,17)18/h3-5,8,10,14H,6-7H2,1-2H3,(H,15,16). The molecular formula is C13H17N3O3S. The van der Waals surface area contributed by atoms with Crippen LogP contribution in [0.4, 0.5) is 0 Å². The lowest BCUT2D eigenvalue weighted by Gasteiger charge is -2.06. The van der Waals surface area contributed by atoms with Crippen LogP contribution in [-0.4, -0.2) is 44.4 Å². The molecule has 7 heteroatoms. The predicted molar refractivity (Wildman–Crippen MR) is 75.4 cm³/mol. The fourth-order valence-corrected chi connectivity index (χ4v) is 3.41. The summed E-state index contributed by atoms with van der Waals surface area (Å²) in [5.41, 5.74) is 1.25. The molecule has 20 heavy (non-hydrogen) atoms. The molecular weight excluding hydrogens is 278 g/mol. The van der Waals surface area contributed by atoms with E-state index in [1.807, 2.05) is 6.07 Å². The van der Waals surface area contributed by atoms with E-state index in [0.717, 1.165) is 24.3 Å². The van der Waals surface area contributed by atoms with Crippen LogP contribution in [0.3, 0.4) is 0 Å². The molecule has 0 spiro atoms. The monoisotopic (exact) mass is 295 g/mol. The van der Waals surface area contributed by atoms with Gasteiger partial charge in [-0.2, -0.15) is 0 Å². The number of aromatic nitrogens is 2. The zero-order chi connectivity index (χ0) is 14.3. The number of rotatable bonds is 3. The molecule has 1 aromatic heterocycles. The van der Waals surface area contributed by atoms with Crippen molar-refractivity contribution in [3.63, 3.8) is 0 Å². The minimum Gasteiger partial charge on any atom is -0.380 e. The van der Waals surface area contributed by atoms with Crippen molar-refractivity contribution < 1.29 is 13.2 Å². The van der Waals surface area contributed by atoms with Crippen molar-refractivity contribution >= 4 is 20.9 Å². The molecule has 2 atom stereocenters. The molecule has 2 aromatic rings. The number of imidazole rings is 1. The van der Waals surface area contributed by atoms with Gasteiger partial charge in [-0.15, -0.1) is 0 Å². The Kier molecular flexibility index (Phi) is 3.27. The maximum atomic E-state index is 11.8. The summed E-state index contributed by atoms with van der Waals surface area (Å²) in [4.78, 5) is 7.94. The molecule has 1 aromatic carbocycles. The summed E-state index contributed by atoms with van der Waals surface area (Å²) in [6.07, 6.45) is 2.19. The summed E-state index contributed by atoms with van der Waals surface area (Å²) in [5, 5.41) is 3.32. The number of aromatic amines is 1. The summed E-state index contributed by atoms with van der Waals surface area (Å²) in [6, 6.07) is 5.21. The lowest BCUT2D eigenvalue weighted by Crippen LogP contribution is -2.16. The lowest BCUT2D eigenvalue weighted by atomic mass is 10.2. The molecule has 1 aliphatic heterocycles. The lowest BCUT2D eigenvalue weighted by molar-refractivity contribution is 0.117. The van der Waals surface area contributed by atoms with E-state index in [1.165, 1.54) is 6.26 Å². The number of fused-ring (bicyclic) bond motifs is 1. The number of methoxy groups -OCH3 is 1. The van der Waals surface area contributed by atoms with E-state index in [1.54, 1.807) is 19.2 Å². The first kappa shape index (κ1) is 13.5. The van der Waals surface area contributed by atoms with Crippen LogP contribution in [0, 0.1) is 0 Å². The summed E-state index contributed by atoms with van der Waals surface area (Å²) < 4.78 is 28.9. The molecule has 108 valence electrons. The van der Waals surface area contributed by atoms with E-state index >= 15 is 0 Å². The quantitative estimate of drug-likeness (QED) is 0.883. The van der Waals surface area contributed by atoms with Crippen molar-refractivity contribution in [1.29, 1.82) is 0 Å². The number of benzene rings is 1. The molecule has 2 unspecified atom stereocenters. The Morgan fingerprint density at radius 1 is 1.40 bits per heavy atom. The van der Waals surface area contributed by atoms with Crippen LogP contribution in [0.2, 0.25) is 0 Å². The van der Waals surface area contributed by atoms with Crippen LogP contribution in [0.25, 0.3) is 11.0 Å². The molecule has 0 bridgehead atoms. The number of H-pyrrole nitrogens is 1. The van der Waals surface area contributed by atoms with Crippen LogP contribution in [0.15, 0.2) is 23.1 Å². The van der Waals surface area contributed by atoms with Crippen molar-refractivity contribution in [2.45, 2.75) is 23.5 Å². The third-order valence-electron chi connectivity index (χ3n) is 3.65. The van der Waals surface area contributed by atoms with Crippen LogP contribution >= 0.6 is 0 Å². The van der Waals surface area contributed by atoms with E-state index < -0.39 is 9.84 Å². The molecule has 2 heterocycles. The maximum absolute atomic E-state index is 11.8. The van der Waals surface area contributed by atoms with Gasteiger partial charge in [0.1, 0.15) is 11.3 Å². The zero-order valence-electron chi connectivity index (χ0n) is 11.4. The van der Waals surface area contributed by atoms with E-state index in [0.29, 0.717) is 5.52 Å². The molecule has 1 saturated heterocycles. The Labute approximate surface area is 117 Å². The maximum Gasteiger partial charge on any atom is 0.177 e. The molecule has 1 fully saturated rings. The smallest absolute Gasteiger partial charge is 0.177 e. The summed E-state index contributed by atoms with van der Waals surface area (Å²) in [6.45, 7) is 0.775. The van der Waals surface area contributed by atoms with Crippen molar-refractivity contribution in [2.75, 3.05) is 19.9 Å². The van der Waals surface area contributed by atoms with Gasteiger partial charge >= 0.3 is 0 Å². The zero-order valence-corrected chi connectivity index (χ0v) is 12.2.